The number of aliphatic hydroxyl groups excluding tert-OH is 1. The maximum atomic E-state index is 8.69. The van der Waals surface area contributed by atoms with Gasteiger partial charge in [-0.1, -0.05) is 62.4 Å². The van der Waals surface area contributed by atoms with Crippen LogP contribution in [0.3, 0.4) is 0 Å². The molecule has 0 aliphatic carbocycles. The number of hydrogen-bond acceptors (Lipinski definition) is 2. The Morgan fingerprint density at radius 3 is 1.89 bits per heavy atom. The first-order valence-electron chi connectivity index (χ1n) is 7.19. The van der Waals surface area contributed by atoms with Crippen LogP contribution >= 0.6 is 0 Å². The second kappa shape index (κ2) is 10.1. The Morgan fingerprint density at radius 2 is 1.28 bits per heavy atom. The van der Waals surface area contributed by atoms with Crippen molar-refractivity contribution in [1.82, 2.24) is 0 Å². The third kappa shape index (κ3) is 8.26. The Bertz CT molecular complexity index is 282. The van der Waals surface area contributed by atoms with Gasteiger partial charge in [-0.3, -0.25) is 0 Å². The van der Waals surface area contributed by atoms with E-state index in [0.29, 0.717) is 6.42 Å². The third-order valence-corrected chi connectivity index (χ3v) is 3.27. The maximum absolute atomic E-state index is 8.69. The van der Waals surface area contributed by atoms with Crippen molar-refractivity contribution in [3.8, 4) is 0 Å². The molecule has 0 unspecified atom stereocenters. The smallest absolute Gasteiger partial charge is 0.151 e. The molecular formula is C16H26O2. The van der Waals surface area contributed by atoms with Crippen molar-refractivity contribution < 1.29 is 10.2 Å². The van der Waals surface area contributed by atoms with Crippen LogP contribution in [0.2, 0.25) is 0 Å². The van der Waals surface area contributed by atoms with Gasteiger partial charge in [-0.15, -0.1) is 0 Å². The molecule has 0 fully saturated rings. The monoisotopic (exact) mass is 250 g/mol. The van der Waals surface area contributed by atoms with E-state index in [9.17, 15) is 0 Å². The first-order chi connectivity index (χ1) is 8.79. The Balaban J connectivity index is 1.84. The lowest BCUT2D eigenvalue weighted by Gasteiger charge is -2.04. The highest BCUT2D eigenvalue weighted by molar-refractivity contribution is 5.14. The molecule has 0 spiro atoms. The molecule has 0 aliphatic rings. The molecule has 0 radical (unpaired) electrons. The zero-order valence-corrected chi connectivity index (χ0v) is 11.2. The maximum Gasteiger partial charge on any atom is 0.151 e. The number of aryl methyl sites for hydroxylation is 1. The molecule has 0 aromatic heterocycles. The van der Waals surface area contributed by atoms with E-state index in [1.807, 2.05) is 0 Å². The Kier molecular flexibility index (Phi) is 8.53. The van der Waals surface area contributed by atoms with Gasteiger partial charge in [0, 0.05) is 0 Å². The molecule has 1 aromatic carbocycles. The summed E-state index contributed by atoms with van der Waals surface area (Å²) in [6, 6.07) is 10.7. The van der Waals surface area contributed by atoms with Crippen LogP contribution in [0, 0.1) is 0 Å². The highest BCUT2D eigenvalue weighted by Gasteiger charge is 1.97. The Morgan fingerprint density at radius 1 is 0.722 bits per heavy atom. The minimum absolute atomic E-state index is 0.522. The summed E-state index contributed by atoms with van der Waals surface area (Å²) in [6.45, 7) is 0. The number of rotatable bonds is 10. The van der Waals surface area contributed by atoms with E-state index in [1.165, 1.54) is 44.1 Å². The van der Waals surface area contributed by atoms with Crippen LogP contribution in [0.5, 0.6) is 0 Å². The van der Waals surface area contributed by atoms with Gasteiger partial charge in [-0.25, -0.2) is 0 Å². The molecule has 0 saturated carbocycles. The van der Waals surface area contributed by atoms with Gasteiger partial charge < -0.3 is 10.2 Å². The fourth-order valence-electron chi connectivity index (χ4n) is 2.18. The van der Waals surface area contributed by atoms with Gasteiger partial charge in [0.2, 0.25) is 0 Å². The summed E-state index contributed by atoms with van der Waals surface area (Å²) < 4.78 is 0. The molecule has 0 aliphatic heterocycles. The standard InChI is InChI=1S/C16H26O2/c17-16(18)14-10-5-3-1-2-4-7-11-15-12-8-6-9-13-15/h6,8-9,12-13,16-18H,1-5,7,10-11,14H2. The summed E-state index contributed by atoms with van der Waals surface area (Å²) in [5.41, 5.74) is 1.44. The largest absolute Gasteiger partial charge is 0.368 e. The number of aliphatic hydroxyl groups is 2. The average molecular weight is 250 g/mol. The second-order valence-electron chi connectivity index (χ2n) is 4.98. The van der Waals surface area contributed by atoms with Crippen molar-refractivity contribution >= 4 is 0 Å². The fourth-order valence-corrected chi connectivity index (χ4v) is 2.18. The predicted molar refractivity (Wildman–Crippen MR) is 75.3 cm³/mol. The summed E-state index contributed by atoms with van der Waals surface area (Å²) in [5.74, 6) is 0. The SMILES string of the molecule is OC(O)CCCCCCCCCc1ccccc1. The lowest BCUT2D eigenvalue weighted by Crippen LogP contribution is -2.02. The molecule has 0 amide bonds. The minimum Gasteiger partial charge on any atom is -0.368 e. The normalized spacial score (nSPS) is 11.1. The highest BCUT2D eigenvalue weighted by atomic mass is 16.5. The van der Waals surface area contributed by atoms with E-state index in [4.69, 9.17) is 10.2 Å². The lowest BCUT2D eigenvalue weighted by molar-refractivity contribution is -0.0466. The number of benzene rings is 1. The van der Waals surface area contributed by atoms with Crippen LogP contribution in [0.15, 0.2) is 30.3 Å². The van der Waals surface area contributed by atoms with Crippen molar-refractivity contribution in [3.63, 3.8) is 0 Å². The van der Waals surface area contributed by atoms with Crippen molar-refractivity contribution in [1.29, 1.82) is 0 Å². The molecule has 18 heavy (non-hydrogen) atoms. The molecule has 0 bridgehead atoms. The zero-order chi connectivity index (χ0) is 13.1. The Labute approximate surface area is 111 Å². The van der Waals surface area contributed by atoms with Gasteiger partial charge in [0.05, 0.1) is 0 Å². The summed E-state index contributed by atoms with van der Waals surface area (Å²) in [6.07, 6.45) is 9.03. The first kappa shape index (κ1) is 15.2. The van der Waals surface area contributed by atoms with E-state index in [2.05, 4.69) is 30.3 Å². The van der Waals surface area contributed by atoms with Gasteiger partial charge in [-0.2, -0.15) is 0 Å². The van der Waals surface area contributed by atoms with E-state index in [-0.39, 0.29) is 0 Å². The van der Waals surface area contributed by atoms with Crippen LogP contribution in [-0.4, -0.2) is 16.5 Å². The molecule has 0 saturated heterocycles. The second-order valence-corrected chi connectivity index (χ2v) is 4.98. The molecule has 2 N–H and O–H groups in total. The topological polar surface area (TPSA) is 40.5 Å². The first-order valence-corrected chi connectivity index (χ1v) is 7.19. The molecule has 2 heteroatoms. The zero-order valence-electron chi connectivity index (χ0n) is 11.2. The van der Waals surface area contributed by atoms with Crippen molar-refractivity contribution in [2.24, 2.45) is 0 Å². The van der Waals surface area contributed by atoms with Crippen molar-refractivity contribution in [2.45, 2.75) is 64.1 Å². The van der Waals surface area contributed by atoms with Crippen LogP contribution < -0.4 is 0 Å². The molecular weight excluding hydrogens is 224 g/mol. The van der Waals surface area contributed by atoms with Gasteiger partial charge in [0.1, 0.15) is 0 Å². The lowest BCUT2D eigenvalue weighted by atomic mass is 10.0. The van der Waals surface area contributed by atoms with Crippen molar-refractivity contribution in [3.05, 3.63) is 35.9 Å². The van der Waals surface area contributed by atoms with Gasteiger partial charge >= 0.3 is 0 Å². The summed E-state index contributed by atoms with van der Waals surface area (Å²) in [4.78, 5) is 0. The van der Waals surface area contributed by atoms with E-state index in [0.717, 1.165) is 12.8 Å². The number of unbranched alkanes of at least 4 members (excludes halogenated alkanes) is 6. The molecule has 0 atom stereocenters. The van der Waals surface area contributed by atoms with Crippen LogP contribution in [0.1, 0.15) is 56.9 Å². The van der Waals surface area contributed by atoms with E-state index < -0.39 is 6.29 Å². The summed E-state index contributed by atoms with van der Waals surface area (Å²) >= 11 is 0. The van der Waals surface area contributed by atoms with Gasteiger partial charge in [0.15, 0.2) is 6.29 Å². The molecule has 102 valence electrons. The van der Waals surface area contributed by atoms with Crippen LogP contribution in [0.25, 0.3) is 0 Å². The summed E-state index contributed by atoms with van der Waals surface area (Å²) in [5, 5.41) is 17.4. The average Bonchev–Trinajstić information content (AvgIpc) is 2.37. The molecule has 2 nitrogen and oxygen atoms in total. The third-order valence-electron chi connectivity index (χ3n) is 3.27. The summed E-state index contributed by atoms with van der Waals surface area (Å²) in [7, 11) is 0. The molecule has 1 rings (SSSR count). The molecule has 0 heterocycles. The number of hydrogen-bond donors (Lipinski definition) is 2. The Hall–Kier alpha value is -0.860. The predicted octanol–water partition coefficient (Wildman–Crippen LogP) is 3.66. The van der Waals surface area contributed by atoms with Gasteiger partial charge in [0.25, 0.3) is 0 Å². The van der Waals surface area contributed by atoms with Crippen molar-refractivity contribution in [2.75, 3.05) is 0 Å². The van der Waals surface area contributed by atoms with E-state index in [1.54, 1.807) is 0 Å². The van der Waals surface area contributed by atoms with E-state index >= 15 is 0 Å². The van der Waals surface area contributed by atoms with Crippen LogP contribution in [-0.2, 0) is 6.42 Å². The van der Waals surface area contributed by atoms with Crippen LogP contribution in [0.4, 0.5) is 0 Å². The highest BCUT2D eigenvalue weighted by Crippen LogP contribution is 2.11. The minimum atomic E-state index is -1.11. The molecule has 1 aromatic rings. The van der Waals surface area contributed by atoms with Gasteiger partial charge in [-0.05, 0) is 31.2 Å². The quantitative estimate of drug-likeness (QED) is 0.491. The fraction of sp³-hybridized carbons (Fsp3) is 0.625.